The Labute approximate surface area is 228 Å². The average Bonchev–Trinajstić information content (AvgIpc) is 2.96. The summed E-state index contributed by atoms with van der Waals surface area (Å²) in [4.78, 5) is 19.5. The molecule has 4 aromatic carbocycles. The van der Waals surface area contributed by atoms with Crippen molar-refractivity contribution in [3.05, 3.63) is 114 Å². The molecule has 5 rings (SSSR count). The first-order chi connectivity index (χ1) is 19.0. The summed E-state index contributed by atoms with van der Waals surface area (Å²) in [5.74, 6) is 1.38. The van der Waals surface area contributed by atoms with Crippen molar-refractivity contribution in [3.8, 4) is 22.6 Å². The molecule has 39 heavy (non-hydrogen) atoms. The molecular formula is C32H32N4O3. The van der Waals surface area contributed by atoms with Crippen LogP contribution in [0.3, 0.4) is 0 Å². The highest BCUT2D eigenvalue weighted by atomic mass is 16.5. The average molecular weight is 521 g/mol. The quantitative estimate of drug-likeness (QED) is 0.226. The Morgan fingerprint density at radius 3 is 2.28 bits per heavy atom. The van der Waals surface area contributed by atoms with Crippen LogP contribution in [0.4, 0.5) is 5.69 Å². The van der Waals surface area contributed by atoms with Crippen LogP contribution in [0.1, 0.15) is 30.5 Å². The Morgan fingerprint density at radius 1 is 0.897 bits per heavy atom. The number of hydrogen-bond acceptors (Lipinski definition) is 4. The van der Waals surface area contributed by atoms with E-state index in [1.807, 2.05) is 73.7 Å². The topological polar surface area (TPSA) is 103 Å². The van der Waals surface area contributed by atoms with Crippen molar-refractivity contribution in [2.24, 2.45) is 16.5 Å². The minimum Gasteiger partial charge on any atom is -0.493 e. The summed E-state index contributed by atoms with van der Waals surface area (Å²) >= 11 is 0. The molecule has 0 bridgehead atoms. The minimum absolute atomic E-state index is 0.0554. The molecule has 0 fully saturated rings. The molecule has 2 atom stereocenters. The highest BCUT2D eigenvalue weighted by Crippen LogP contribution is 2.36. The lowest BCUT2D eigenvalue weighted by atomic mass is 10.0. The Hall–Kier alpha value is -4.78. The molecule has 0 saturated heterocycles. The number of guanidine groups is 1. The van der Waals surface area contributed by atoms with Gasteiger partial charge in [-0.2, -0.15) is 0 Å². The van der Waals surface area contributed by atoms with E-state index < -0.39 is 6.10 Å². The first-order valence-electron chi connectivity index (χ1n) is 13.0. The van der Waals surface area contributed by atoms with Gasteiger partial charge in [0.1, 0.15) is 11.5 Å². The van der Waals surface area contributed by atoms with Gasteiger partial charge in [0.25, 0.3) is 5.91 Å². The summed E-state index contributed by atoms with van der Waals surface area (Å²) in [6, 6.07) is 33.7. The van der Waals surface area contributed by atoms with Crippen LogP contribution >= 0.6 is 0 Å². The highest BCUT2D eigenvalue weighted by molar-refractivity contribution is 6.00. The molecule has 0 spiro atoms. The predicted molar refractivity (Wildman–Crippen MR) is 155 cm³/mol. The minimum atomic E-state index is -0.635. The number of rotatable bonds is 9. The zero-order valence-electron chi connectivity index (χ0n) is 21.9. The number of nitrogens with zero attached hydrogens (tertiary/aromatic N) is 2. The fraction of sp³-hybridized carbons (Fsp3) is 0.188. The fourth-order valence-electron chi connectivity index (χ4n) is 4.66. The van der Waals surface area contributed by atoms with E-state index in [4.69, 9.17) is 20.9 Å². The van der Waals surface area contributed by atoms with Crippen LogP contribution in [-0.4, -0.2) is 24.6 Å². The maximum absolute atomic E-state index is 13.5. The monoisotopic (exact) mass is 520 g/mol. The van der Waals surface area contributed by atoms with E-state index in [-0.39, 0.29) is 17.9 Å². The summed E-state index contributed by atoms with van der Waals surface area (Å²) in [7, 11) is 0. The van der Waals surface area contributed by atoms with Crippen LogP contribution in [-0.2, 0) is 11.3 Å². The molecule has 7 nitrogen and oxygen atoms in total. The van der Waals surface area contributed by atoms with Gasteiger partial charge in [-0.1, -0.05) is 78.9 Å². The van der Waals surface area contributed by atoms with Crippen molar-refractivity contribution in [1.29, 1.82) is 0 Å². The van der Waals surface area contributed by atoms with Gasteiger partial charge in [-0.15, -0.1) is 0 Å². The first-order valence-corrected chi connectivity index (χ1v) is 13.0. The van der Waals surface area contributed by atoms with E-state index in [1.54, 1.807) is 4.90 Å². The van der Waals surface area contributed by atoms with Crippen molar-refractivity contribution in [2.75, 3.05) is 11.5 Å². The van der Waals surface area contributed by atoms with Crippen LogP contribution in [0.2, 0.25) is 0 Å². The Kier molecular flexibility index (Phi) is 7.78. The third kappa shape index (κ3) is 6.21. The molecule has 4 aromatic rings. The Balaban J connectivity index is 1.24. The summed E-state index contributed by atoms with van der Waals surface area (Å²) in [6.07, 6.45) is -0.215. The number of aliphatic imine (C=N–C) groups is 1. The number of benzene rings is 4. The molecular weight excluding hydrogens is 488 g/mol. The van der Waals surface area contributed by atoms with E-state index >= 15 is 0 Å². The Bertz CT molecular complexity index is 1430. The van der Waals surface area contributed by atoms with E-state index in [0.29, 0.717) is 31.1 Å². The zero-order chi connectivity index (χ0) is 27.2. The standard InChI is InChI=1S/C32H32N4O3/c1-22(35-32(33)34)24-15-17-27(18-16-24)38-20-19-30-31(37)36(28-9-5-6-10-29(28)39-30)21-23-11-13-26(14-12-23)25-7-3-2-4-8-25/h2-18,22,30H,19-21H2,1H3,(H4,33,34,35). The number of nitrogens with two attached hydrogens (primary N) is 2. The van der Waals surface area contributed by atoms with Gasteiger partial charge in [-0.3, -0.25) is 4.79 Å². The van der Waals surface area contributed by atoms with Crippen LogP contribution in [0.5, 0.6) is 11.5 Å². The molecule has 2 unspecified atom stereocenters. The number of anilines is 1. The Morgan fingerprint density at radius 2 is 1.56 bits per heavy atom. The normalized spacial score (nSPS) is 15.2. The van der Waals surface area contributed by atoms with Crippen molar-refractivity contribution < 1.29 is 14.3 Å². The highest BCUT2D eigenvalue weighted by Gasteiger charge is 2.34. The molecule has 7 heteroatoms. The smallest absolute Gasteiger partial charge is 0.268 e. The van der Waals surface area contributed by atoms with E-state index in [0.717, 1.165) is 27.9 Å². The molecule has 4 N–H and O–H groups in total. The van der Waals surface area contributed by atoms with Crippen LogP contribution in [0.15, 0.2) is 108 Å². The summed E-state index contributed by atoms with van der Waals surface area (Å²) in [5.41, 5.74) is 16.1. The zero-order valence-corrected chi connectivity index (χ0v) is 21.9. The molecule has 0 saturated carbocycles. The second-order valence-electron chi connectivity index (χ2n) is 9.50. The number of hydrogen-bond donors (Lipinski definition) is 2. The SMILES string of the molecule is CC(N=C(N)N)c1ccc(OCCC2Oc3ccccc3N(Cc3ccc(-c4ccccc4)cc3)C2=O)cc1. The molecule has 198 valence electrons. The van der Waals surface area contributed by atoms with Gasteiger partial charge in [-0.05, 0) is 53.4 Å². The maximum atomic E-state index is 13.5. The second kappa shape index (κ2) is 11.7. The largest absolute Gasteiger partial charge is 0.493 e. The number of amides is 1. The van der Waals surface area contributed by atoms with E-state index in [2.05, 4.69) is 41.4 Å². The molecule has 0 aromatic heterocycles. The van der Waals surface area contributed by atoms with Crippen molar-refractivity contribution in [2.45, 2.75) is 32.0 Å². The van der Waals surface area contributed by atoms with Crippen molar-refractivity contribution >= 4 is 17.6 Å². The van der Waals surface area contributed by atoms with Gasteiger partial charge >= 0.3 is 0 Å². The second-order valence-corrected chi connectivity index (χ2v) is 9.50. The van der Waals surface area contributed by atoms with Crippen LogP contribution in [0.25, 0.3) is 11.1 Å². The lowest BCUT2D eigenvalue weighted by Gasteiger charge is -2.34. The predicted octanol–water partition coefficient (Wildman–Crippen LogP) is 5.45. The summed E-state index contributed by atoms with van der Waals surface area (Å²) in [5, 5.41) is 0. The van der Waals surface area contributed by atoms with E-state index in [9.17, 15) is 4.79 Å². The van der Waals surface area contributed by atoms with Gasteiger partial charge in [0, 0.05) is 6.42 Å². The molecule has 1 amide bonds. The molecule has 1 heterocycles. The van der Waals surface area contributed by atoms with Gasteiger partial charge < -0.3 is 25.8 Å². The number of para-hydroxylation sites is 2. The summed E-state index contributed by atoms with van der Waals surface area (Å²) < 4.78 is 12.0. The van der Waals surface area contributed by atoms with Gasteiger partial charge in [-0.25, -0.2) is 4.99 Å². The number of carbonyl (C=O) groups is 1. The fourth-order valence-corrected chi connectivity index (χ4v) is 4.66. The molecule has 0 radical (unpaired) electrons. The number of fused-ring (bicyclic) bond motifs is 1. The molecule has 1 aliphatic heterocycles. The van der Waals surface area contributed by atoms with Gasteiger partial charge in [0.2, 0.25) is 0 Å². The maximum Gasteiger partial charge on any atom is 0.268 e. The van der Waals surface area contributed by atoms with Crippen LogP contribution < -0.4 is 25.8 Å². The third-order valence-corrected chi connectivity index (χ3v) is 6.72. The molecule has 1 aliphatic rings. The van der Waals surface area contributed by atoms with Crippen LogP contribution in [0, 0.1) is 0 Å². The molecule has 0 aliphatic carbocycles. The third-order valence-electron chi connectivity index (χ3n) is 6.72. The van der Waals surface area contributed by atoms with Crippen molar-refractivity contribution in [3.63, 3.8) is 0 Å². The lowest BCUT2D eigenvalue weighted by molar-refractivity contribution is -0.127. The number of carbonyl (C=O) groups excluding carboxylic acids is 1. The summed E-state index contributed by atoms with van der Waals surface area (Å²) in [6.45, 7) is 2.71. The van der Waals surface area contributed by atoms with Gasteiger partial charge in [0.05, 0.1) is 24.9 Å². The first kappa shape index (κ1) is 25.9. The van der Waals surface area contributed by atoms with E-state index in [1.165, 1.54) is 0 Å². The number of ether oxygens (including phenoxy) is 2. The van der Waals surface area contributed by atoms with Crippen molar-refractivity contribution in [1.82, 2.24) is 0 Å². The van der Waals surface area contributed by atoms with Gasteiger partial charge in [0.15, 0.2) is 12.1 Å². The lowest BCUT2D eigenvalue weighted by Crippen LogP contribution is -2.46.